The molecule has 2 unspecified atom stereocenters. The van der Waals surface area contributed by atoms with Crippen LogP contribution in [0.1, 0.15) is 57.8 Å². The van der Waals surface area contributed by atoms with Crippen LogP contribution in [0, 0.1) is 5.92 Å². The minimum atomic E-state index is -3.00. The number of hydrogen-bond acceptors (Lipinski definition) is 4. The first-order valence-electron chi connectivity index (χ1n) is 11.0. The van der Waals surface area contributed by atoms with Crippen molar-refractivity contribution in [3.63, 3.8) is 0 Å². The molecule has 0 radical (unpaired) electrons. The van der Waals surface area contributed by atoms with Gasteiger partial charge in [0.1, 0.15) is 5.69 Å². The van der Waals surface area contributed by atoms with E-state index in [4.69, 9.17) is 5.11 Å². The van der Waals surface area contributed by atoms with Crippen LogP contribution in [0.2, 0.25) is 0 Å². The fourth-order valence-electron chi connectivity index (χ4n) is 3.98. The number of halogens is 2. The minimum Gasteiger partial charge on any atom is -0.465 e. The summed E-state index contributed by atoms with van der Waals surface area (Å²) in [6, 6.07) is 12.4. The van der Waals surface area contributed by atoms with Gasteiger partial charge >= 0.3 is 6.09 Å². The van der Waals surface area contributed by atoms with Gasteiger partial charge < -0.3 is 20.6 Å². The molecule has 2 aromatic rings. The van der Waals surface area contributed by atoms with E-state index in [9.17, 15) is 23.2 Å². The van der Waals surface area contributed by atoms with Crippen LogP contribution in [0.25, 0.3) is 0 Å². The number of likely N-dealkylation sites (tertiary alicyclic amines) is 1. The van der Waals surface area contributed by atoms with Crippen molar-refractivity contribution in [3.8, 4) is 0 Å². The lowest BCUT2D eigenvalue weighted by Crippen LogP contribution is -2.49. The number of pyridine rings is 1. The molecule has 1 fully saturated rings. The van der Waals surface area contributed by atoms with Gasteiger partial charge in [0.15, 0.2) is 0 Å². The Kier molecular flexibility index (Phi) is 7.80. The van der Waals surface area contributed by atoms with E-state index in [1.165, 1.54) is 13.1 Å². The zero-order valence-corrected chi connectivity index (χ0v) is 19.1. The molecule has 0 saturated carbocycles. The van der Waals surface area contributed by atoms with Crippen molar-refractivity contribution in [1.82, 2.24) is 20.5 Å². The molecule has 2 atom stereocenters. The van der Waals surface area contributed by atoms with Crippen LogP contribution < -0.4 is 10.6 Å². The van der Waals surface area contributed by atoms with Crippen LogP contribution in [-0.4, -0.2) is 65.5 Å². The first-order chi connectivity index (χ1) is 16.1. The SMILES string of the molecule is CNC(=O)c1cc(C(=O)NCCC2CN(C(=O)O)CCC2(F)F)cc(C(C)c2ccccc2)n1. The lowest BCUT2D eigenvalue weighted by atomic mass is 9.90. The van der Waals surface area contributed by atoms with E-state index in [1.807, 2.05) is 37.3 Å². The summed E-state index contributed by atoms with van der Waals surface area (Å²) in [5, 5.41) is 14.2. The number of amides is 3. The lowest BCUT2D eigenvalue weighted by molar-refractivity contribution is -0.102. The fraction of sp³-hybridized carbons (Fsp3) is 0.417. The maximum absolute atomic E-state index is 14.3. The molecule has 1 aromatic heterocycles. The van der Waals surface area contributed by atoms with Gasteiger partial charge in [-0.15, -0.1) is 0 Å². The number of rotatable bonds is 7. The van der Waals surface area contributed by atoms with Crippen molar-refractivity contribution in [2.75, 3.05) is 26.7 Å². The summed E-state index contributed by atoms with van der Waals surface area (Å²) in [5.41, 5.74) is 1.74. The highest BCUT2D eigenvalue weighted by atomic mass is 19.3. The molecule has 3 rings (SSSR count). The van der Waals surface area contributed by atoms with Gasteiger partial charge in [-0.3, -0.25) is 9.59 Å². The van der Waals surface area contributed by atoms with Crippen LogP contribution in [0.15, 0.2) is 42.5 Å². The van der Waals surface area contributed by atoms with Gasteiger partial charge in [-0.1, -0.05) is 37.3 Å². The first kappa shape index (κ1) is 25.1. The number of benzene rings is 1. The topological polar surface area (TPSA) is 112 Å². The van der Waals surface area contributed by atoms with Crippen LogP contribution in [0.5, 0.6) is 0 Å². The third kappa shape index (κ3) is 5.86. The molecule has 10 heteroatoms. The van der Waals surface area contributed by atoms with E-state index in [1.54, 1.807) is 6.07 Å². The molecular formula is C24H28F2N4O4. The van der Waals surface area contributed by atoms with Gasteiger partial charge in [-0.05, 0) is 24.1 Å². The molecule has 1 saturated heterocycles. The highest BCUT2D eigenvalue weighted by Crippen LogP contribution is 2.35. The number of piperidine rings is 1. The highest BCUT2D eigenvalue weighted by molar-refractivity contribution is 5.98. The molecule has 0 bridgehead atoms. The van der Waals surface area contributed by atoms with Crippen LogP contribution in [-0.2, 0) is 0 Å². The zero-order valence-electron chi connectivity index (χ0n) is 19.1. The molecule has 182 valence electrons. The molecular weight excluding hydrogens is 446 g/mol. The van der Waals surface area contributed by atoms with E-state index in [-0.39, 0.29) is 43.2 Å². The second-order valence-electron chi connectivity index (χ2n) is 8.36. The van der Waals surface area contributed by atoms with Gasteiger partial charge in [-0.25, -0.2) is 18.6 Å². The van der Waals surface area contributed by atoms with Crippen molar-refractivity contribution in [1.29, 1.82) is 0 Å². The molecule has 1 aliphatic rings. The van der Waals surface area contributed by atoms with E-state index >= 15 is 0 Å². The highest BCUT2D eigenvalue weighted by Gasteiger charge is 2.44. The first-order valence-corrected chi connectivity index (χ1v) is 11.0. The van der Waals surface area contributed by atoms with Crippen molar-refractivity contribution in [2.45, 2.75) is 31.6 Å². The van der Waals surface area contributed by atoms with E-state index < -0.39 is 36.2 Å². The van der Waals surface area contributed by atoms with Crippen LogP contribution in [0.4, 0.5) is 13.6 Å². The smallest absolute Gasteiger partial charge is 0.407 e. The van der Waals surface area contributed by atoms with Gasteiger partial charge in [0.05, 0.1) is 0 Å². The average molecular weight is 475 g/mol. The number of carbonyl (C=O) groups excluding carboxylic acids is 2. The second kappa shape index (κ2) is 10.6. The van der Waals surface area contributed by atoms with E-state index in [0.717, 1.165) is 10.5 Å². The number of nitrogens with zero attached hydrogens (tertiary/aromatic N) is 2. The zero-order chi connectivity index (χ0) is 24.9. The number of aromatic nitrogens is 1. The van der Waals surface area contributed by atoms with Gasteiger partial charge in [-0.2, -0.15) is 0 Å². The molecule has 1 aromatic carbocycles. The van der Waals surface area contributed by atoms with Crippen molar-refractivity contribution in [2.24, 2.45) is 5.92 Å². The van der Waals surface area contributed by atoms with Crippen molar-refractivity contribution < 1.29 is 28.3 Å². The molecule has 0 aliphatic carbocycles. The Morgan fingerprint density at radius 3 is 2.56 bits per heavy atom. The van der Waals surface area contributed by atoms with Gasteiger partial charge in [0, 0.05) is 56.2 Å². The molecule has 8 nitrogen and oxygen atoms in total. The summed E-state index contributed by atoms with van der Waals surface area (Å²) in [7, 11) is 1.46. The van der Waals surface area contributed by atoms with Gasteiger partial charge in [0.25, 0.3) is 17.7 Å². The summed E-state index contributed by atoms with van der Waals surface area (Å²) in [4.78, 5) is 41.6. The predicted molar refractivity (Wildman–Crippen MR) is 121 cm³/mol. The average Bonchev–Trinajstić information content (AvgIpc) is 2.83. The Hall–Kier alpha value is -3.56. The fourth-order valence-corrected chi connectivity index (χ4v) is 3.98. The summed E-state index contributed by atoms with van der Waals surface area (Å²) < 4.78 is 28.5. The Morgan fingerprint density at radius 2 is 1.91 bits per heavy atom. The number of nitrogens with one attached hydrogen (secondary N) is 2. The lowest BCUT2D eigenvalue weighted by Gasteiger charge is -2.37. The number of alkyl halides is 2. The number of carboxylic acid groups (broad SMARTS) is 1. The van der Waals surface area contributed by atoms with Crippen molar-refractivity contribution >= 4 is 17.9 Å². The van der Waals surface area contributed by atoms with Gasteiger partial charge in [0.2, 0.25) is 0 Å². The largest absolute Gasteiger partial charge is 0.465 e. The van der Waals surface area contributed by atoms with E-state index in [0.29, 0.717) is 5.69 Å². The monoisotopic (exact) mass is 474 g/mol. The summed E-state index contributed by atoms with van der Waals surface area (Å²) in [5.74, 6) is -5.36. The second-order valence-corrected chi connectivity index (χ2v) is 8.36. The number of carbonyl (C=O) groups is 3. The Labute approximate surface area is 196 Å². The Balaban J connectivity index is 1.74. The third-order valence-corrected chi connectivity index (χ3v) is 6.11. The molecule has 34 heavy (non-hydrogen) atoms. The maximum atomic E-state index is 14.3. The molecule has 3 N–H and O–H groups in total. The molecule has 0 spiro atoms. The van der Waals surface area contributed by atoms with Crippen LogP contribution in [0.3, 0.4) is 0 Å². The molecule has 3 amide bonds. The quantitative estimate of drug-likeness (QED) is 0.570. The third-order valence-electron chi connectivity index (χ3n) is 6.11. The number of hydrogen-bond donors (Lipinski definition) is 3. The standard InChI is InChI=1S/C24H28F2N4O4/c1-15(16-6-4-3-5-7-16)19-12-17(13-20(29-19)22(32)27-2)21(31)28-10-8-18-14-30(23(33)34)11-9-24(18,25)26/h3-7,12-13,15,18H,8-11,14H2,1-2H3,(H,27,32)(H,28,31)(H,33,34). The molecule has 2 heterocycles. The normalized spacial score (nSPS) is 18.1. The summed E-state index contributed by atoms with van der Waals surface area (Å²) >= 11 is 0. The van der Waals surface area contributed by atoms with E-state index in [2.05, 4.69) is 15.6 Å². The predicted octanol–water partition coefficient (Wildman–Crippen LogP) is 3.35. The molecule has 1 aliphatic heterocycles. The maximum Gasteiger partial charge on any atom is 0.407 e. The van der Waals surface area contributed by atoms with Crippen LogP contribution >= 0.6 is 0 Å². The summed E-state index contributed by atoms with van der Waals surface area (Å²) in [6.45, 7) is 1.35. The van der Waals surface area contributed by atoms with Crippen molar-refractivity contribution in [3.05, 3.63) is 65.0 Å². The minimum absolute atomic E-state index is 0.0618. The Bertz CT molecular complexity index is 1050. The summed E-state index contributed by atoms with van der Waals surface area (Å²) in [6.07, 6.45) is -1.86. The Morgan fingerprint density at radius 1 is 1.21 bits per heavy atom.